The van der Waals surface area contributed by atoms with Crippen LogP contribution in [0.25, 0.3) is 0 Å². The Balaban J connectivity index is 2.04. The van der Waals surface area contributed by atoms with Gasteiger partial charge in [-0.05, 0) is 29.7 Å². The molecule has 1 atom stereocenters. The molecule has 2 aromatic rings. The minimum Gasteiger partial charge on any atom is -0.435 e. The van der Waals surface area contributed by atoms with Crippen molar-refractivity contribution in [2.45, 2.75) is 25.0 Å². The Morgan fingerprint density at radius 3 is 2.43 bits per heavy atom. The molecule has 0 saturated heterocycles. The molecule has 6 heteroatoms. The number of ether oxygens (including phenoxy) is 1. The molecule has 2 N–H and O–H groups in total. The molecular formula is C17H15BF2N2O. The van der Waals surface area contributed by atoms with Gasteiger partial charge in [-0.1, -0.05) is 41.9 Å². The van der Waals surface area contributed by atoms with Gasteiger partial charge in [0.2, 0.25) is 0 Å². The van der Waals surface area contributed by atoms with Crippen LogP contribution < -0.4 is 15.9 Å². The first-order chi connectivity index (χ1) is 11.0. The molecule has 0 fully saturated rings. The lowest BCUT2D eigenvalue weighted by Gasteiger charge is -2.28. The van der Waals surface area contributed by atoms with Crippen LogP contribution in [-0.4, -0.2) is 20.3 Å². The van der Waals surface area contributed by atoms with Gasteiger partial charge >= 0.3 is 6.61 Å². The van der Waals surface area contributed by atoms with E-state index >= 15 is 0 Å². The Hall–Kier alpha value is -2.37. The summed E-state index contributed by atoms with van der Waals surface area (Å²) in [4.78, 5) is 4.64. The monoisotopic (exact) mass is 312 g/mol. The van der Waals surface area contributed by atoms with Crippen LogP contribution in [0.15, 0.2) is 53.5 Å². The standard InChI is InChI=1S/C17H15BF2N2O/c18-13-3-1-2-12(10-13)17(9-8-15(21)22-17)11-4-6-14(7-5-11)23-16(19)20/h1-7,10,16H,8-9H2,(H2,21,22). The van der Waals surface area contributed by atoms with Gasteiger partial charge in [-0.2, -0.15) is 8.78 Å². The van der Waals surface area contributed by atoms with Crippen LogP contribution in [0, 0.1) is 0 Å². The smallest absolute Gasteiger partial charge is 0.387 e. The third-order valence-corrected chi connectivity index (χ3v) is 4.00. The van der Waals surface area contributed by atoms with Crippen molar-refractivity contribution in [2.75, 3.05) is 0 Å². The summed E-state index contributed by atoms with van der Waals surface area (Å²) in [5.41, 5.74) is 7.71. The molecule has 1 unspecified atom stereocenters. The Kier molecular flexibility index (Phi) is 4.07. The number of hydrogen-bond donors (Lipinski definition) is 1. The molecule has 3 rings (SSSR count). The molecule has 0 aromatic heterocycles. The Morgan fingerprint density at radius 2 is 1.87 bits per heavy atom. The van der Waals surface area contributed by atoms with Gasteiger partial charge < -0.3 is 10.5 Å². The van der Waals surface area contributed by atoms with E-state index in [2.05, 4.69) is 9.73 Å². The number of rotatable bonds is 4. The van der Waals surface area contributed by atoms with Crippen molar-refractivity contribution in [1.29, 1.82) is 0 Å². The maximum atomic E-state index is 12.3. The van der Waals surface area contributed by atoms with Gasteiger partial charge in [-0.3, -0.25) is 4.99 Å². The zero-order valence-electron chi connectivity index (χ0n) is 12.4. The number of amidine groups is 1. The first-order valence-corrected chi connectivity index (χ1v) is 7.25. The van der Waals surface area contributed by atoms with E-state index in [-0.39, 0.29) is 5.75 Å². The summed E-state index contributed by atoms with van der Waals surface area (Å²) in [5.74, 6) is 0.682. The van der Waals surface area contributed by atoms with Crippen molar-refractivity contribution in [1.82, 2.24) is 0 Å². The molecule has 1 heterocycles. The first-order valence-electron chi connectivity index (χ1n) is 7.25. The SMILES string of the molecule is [B]c1cccc(C2(c3ccc(OC(F)F)cc3)CCC(N)=N2)c1. The van der Waals surface area contributed by atoms with Crippen LogP contribution in [0.5, 0.6) is 5.75 Å². The number of aliphatic imine (C=N–C) groups is 1. The minimum atomic E-state index is -2.84. The molecule has 0 spiro atoms. The van der Waals surface area contributed by atoms with E-state index in [9.17, 15) is 8.78 Å². The second-order valence-corrected chi connectivity index (χ2v) is 5.49. The lowest BCUT2D eigenvalue weighted by atomic mass is 9.79. The van der Waals surface area contributed by atoms with Crippen molar-refractivity contribution in [2.24, 2.45) is 10.7 Å². The number of alkyl halides is 2. The Labute approximate surface area is 134 Å². The highest BCUT2D eigenvalue weighted by Crippen LogP contribution is 2.42. The van der Waals surface area contributed by atoms with E-state index in [1.165, 1.54) is 12.1 Å². The molecule has 0 amide bonds. The predicted octanol–water partition coefficient (Wildman–Crippen LogP) is 2.48. The summed E-state index contributed by atoms with van der Waals surface area (Å²) >= 11 is 0. The summed E-state index contributed by atoms with van der Waals surface area (Å²) in [6.45, 7) is -2.84. The zero-order valence-corrected chi connectivity index (χ0v) is 12.4. The minimum absolute atomic E-state index is 0.112. The van der Waals surface area contributed by atoms with E-state index < -0.39 is 12.2 Å². The van der Waals surface area contributed by atoms with Gasteiger partial charge in [0.25, 0.3) is 0 Å². The topological polar surface area (TPSA) is 47.6 Å². The van der Waals surface area contributed by atoms with Crippen LogP contribution in [-0.2, 0) is 5.54 Å². The maximum Gasteiger partial charge on any atom is 0.387 e. The first kappa shape index (κ1) is 15.5. The molecule has 1 aliphatic heterocycles. The summed E-state index contributed by atoms with van der Waals surface area (Å²) in [7, 11) is 5.89. The number of benzene rings is 2. The largest absolute Gasteiger partial charge is 0.435 e. The molecule has 116 valence electrons. The van der Waals surface area contributed by atoms with Gasteiger partial charge in [-0.25, -0.2) is 0 Å². The van der Waals surface area contributed by atoms with Crippen molar-refractivity contribution < 1.29 is 13.5 Å². The van der Waals surface area contributed by atoms with Crippen LogP contribution in [0.1, 0.15) is 24.0 Å². The van der Waals surface area contributed by atoms with Crippen molar-refractivity contribution in [3.05, 3.63) is 59.7 Å². The molecule has 23 heavy (non-hydrogen) atoms. The normalized spacial score (nSPS) is 20.6. The van der Waals surface area contributed by atoms with Gasteiger partial charge in [0.15, 0.2) is 0 Å². The number of nitrogens with two attached hydrogens (primary N) is 1. The molecule has 0 saturated carbocycles. The summed E-state index contributed by atoms with van der Waals surface area (Å²) in [6.07, 6.45) is 1.38. The summed E-state index contributed by atoms with van der Waals surface area (Å²) in [5, 5.41) is 0. The van der Waals surface area contributed by atoms with Gasteiger partial charge in [0.05, 0.1) is 5.84 Å². The summed E-state index contributed by atoms with van der Waals surface area (Å²) in [6, 6.07) is 14.0. The fourth-order valence-corrected chi connectivity index (χ4v) is 2.96. The number of hydrogen-bond acceptors (Lipinski definition) is 3. The van der Waals surface area contributed by atoms with E-state index in [1.54, 1.807) is 18.2 Å². The lowest BCUT2D eigenvalue weighted by molar-refractivity contribution is -0.0498. The molecule has 0 bridgehead atoms. The second-order valence-electron chi connectivity index (χ2n) is 5.49. The number of halogens is 2. The van der Waals surface area contributed by atoms with Crippen molar-refractivity contribution >= 4 is 19.1 Å². The molecule has 3 nitrogen and oxygen atoms in total. The average Bonchev–Trinajstić information content (AvgIpc) is 2.91. The highest BCUT2D eigenvalue weighted by atomic mass is 19.3. The second kappa shape index (κ2) is 6.03. The molecule has 1 aliphatic rings. The molecule has 2 radical (unpaired) electrons. The summed E-state index contributed by atoms with van der Waals surface area (Å²) < 4.78 is 29.0. The zero-order chi connectivity index (χ0) is 16.4. The maximum absolute atomic E-state index is 12.3. The highest BCUT2D eigenvalue weighted by molar-refractivity contribution is 6.32. The third kappa shape index (κ3) is 3.06. The molecule has 0 aliphatic carbocycles. The van der Waals surface area contributed by atoms with E-state index in [4.69, 9.17) is 13.6 Å². The fourth-order valence-electron chi connectivity index (χ4n) is 2.96. The van der Waals surface area contributed by atoms with Crippen LogP contribution in [0.3, 0.4) is 0 Å². The molecule has 2 aromatic carbocycles. The van der Waals surface area contributed by atoms with Crippen LogP contribution in [0.2, 0.25) is 0 Å². The van der Waals surface area contributed by atoms with Crippen LogP contribution in [0.4, 0.5) is 8.78 Å². The number of nitrogens with zero attached hydrogens (tertiary/aromatic N) is 1. The van der Waals surface area contributed by atoms with Gasteiger partial charge in [0.1, 0.15) is 19.1 Å². The highest BCUT2D eigenvalue weighted by Gasteiger charge is 2.38. The van der Waals surface area contributed by atoms with Gasteiger partial charge in [0, 0.05) is 6.42 Å². The third-order valence-electron chi connectivity index (χ3n) is 4.00. The average molecular weight is 312 g/mol. The van der Waals surface area contributed by atoms with E-state index in [0.29, 0.717) is 24.1 Å². The van der Waals surface area contributed by atoms with Gasteiger partial charge in [-0.15, -0.1) is 0 Å². The fraction of sp³-hybridized carbons (Fsp3) is 0.235. The van der Waals surface area contributed by atoms with E-state index in [0.717, 1.165) is 11.1 Å². The Morgan fingerprint density at radius 1 is 1.13 bits per heavy atom. The molecular weight excluding hydrogens is 297 g/mol. The lowest BCUT2D eigenvalue weighted by Crippen LogP contribution is -2.24. The van der Waals surface area contributed by atoms with Crippen LogP contribution >= 0.6 is 0 Å². The quantitative estimate of drug-likeness (QED) is 0.882. The van der Waals surface area contributed by atoms with E-state index in [1.807, 2.05) is 18.2 Å². The van der Waals surface area contributed by atoms with Crippen molar-refractivity contribution in [3.63, 3.8) is 0 Å². The van der Waals surface area contributed by atoms with Crippen molar-refractivity contribution in [3.8, 4) is 5.75 Å². The predicted molar refractivity (Wildman–Crippen MR) is 86.5 cm³/mol. The Bertz CT molecular complexity index is 734.